The van der Waals surface area contributed by atoms with Crippen LogP contribution < -0.4 is 0 Å². The minimum Gasteiger partial charge on any atom is -0.273 e. The van der Waals surface area contributed by atoms with Gasteiger partial charge >= 0.3 is 151 Å². The van der Waals surface area contributed by atoms with Crippen molar-refractivity contribution >= 4 is 49.6 Å². The summed E-state index contributed by atoms with van der Waals surface area (Å²) < 4.78 is 1.42. The van der Waals surface area contributed by atoms with E-state index in [0.29, 0.717) is 0 Å². The van der Waals surface area contributed by atoms with Gasteiger partial charge < -0.3 is 0 Å². The first-order chi connectivity index (χ1) is 22.2. The fourth-order valence-corrected chi connectivity index (χ4v) is 6.53. The molecule has 1 aliphatic carbocycles. The van der Waals surface area contributed by atoms with E-state index in [-0.39, 0.29) is 46.5 Å². The molecule has 0 aromatic heterocycles. The molecule has 0 N–H and O–H groups in total. The molecule has 0 heterocycles. The Morgan fingerprint density at radius 1 is 0.520 bits per heavy atom. The van der Waals surface area contributed by atoms with Crippen LogP contribution >= 0.6 is 24.8 Å². The van der Waals surface area contributed by atoms with Crippen LogP contribution in [0, 0.1) is 6.08 Å². The largest absolute Gasteiger partial charge is 0.273 e. The first-order valence-corrected chi connectivity index (χ1v) is 18.6. The molecule has 0 atom stereocenters. The van der Waals surface area contributed by atoms with Crippen LogP contribution in [-0.4, -0.2) is 3.21 Å². The topological polar surface area (TPSA) is 0 Å². The zero-order chi connectivity index (χ0) is 35.5. The number of hydrogen-bond acceptors (Lipinski definition) is 0. The second kappa shape index (κ2) is 17.4. The molecule has 50 heavy (non-hydrogen) atoms. The van der Waals surface area contributed by atoms with E-state index in [1.807, 2.05) is 12.2 Å². The normalized spacial score (nSPS) is 12.8. The van der Waals surface area contributed by atoms with E-state index in [2.05, 4.69) is 186 Å². The Labute approximate surface area is 331 Å². The number of fused-ring (bicyclic) bond motifs is 3. The molecule has 0 bridgehead atoms. The van der Waals surface area contributed by atoms with E-state index >= 15 is 0 Å². The second-order valence-corrected chi connectivity index (χ2v) is 18.5. The second-order valence-electron chi connectivity index (χ2n) is 17.3. The maximum absolute atomic E-state index is 2.99. The molecule has 0 nitrogen and oxygen atoms in total. The van der Waals surface area contributed by atoms with Gasteiger partial charge in [0.05, 0.1) is 0 Å². The Morgan fingerprint density at radius 2 is 0.860 bits per heavy atom. The van der Waals surface area contributed by atoms with Crippen molar-refractivity contribution in [1.82, 2.24) is 0 Å². The van der Waals surface area contributed by atoms with Crippen molar-refractivity contribution in [1.29, 1.82) is 0 Å². The van der Waals surface area contributed by atoms with Gasteiger partial charge in [0, 0.05) is 0 Å². The van der Waals surface area contributed by atoms with Crippen molar-refractivity contribution in [2.45, 2.75) is 111 Å². The van der Waals surface area contributed by atoms with Crippen LogP contribution in [0.25, 0.3) is 21.5 Å². The standard InChI is InChI=1S/C21H25.C21H26.C5H5.2ClH.Zr/c1-20(2,3)16-9-7-14-11-15-8-10-17(21(4,5)6)13-19(15)18(14)12-16;1-20(2,3)18-11-7-16(8-12-18)15-17-9-13-19(14-10-17)21(4,5)6;1-2-4-5-3-1;;;/h7-13H,1-6H3;7-14H,1-6H3;1-3H,4H2;2*1H;/q-1;;-1;;;+2. The predicted octanol–water partition coefficient (Wildman–Crippen LogP) is 13.9. The van der Waals surface area contributed by atoms with Crippen molar-refractivity contribution in [3.63, 3.8) is 0 Å². The average Bonchev–Trinajstić information content (AvgIpc) is 3.71. The summed E-state index contributed by atoms with van der Waals surface area (Å²) in [5.41, 5.74) is 9.10. The molecule has 264 valence electrons. The fraction of sp³-hybridized carbons (Fsp3) is 0.362. The van der Waals surface area contributed by atoms with Gasteiger partial charge in [0.25, 0.3) is 0 Å². The van der Waals surface area contributed by atoms with Crippen LogP contribution in [0.5, 0.6) is 0 Å². The summed E-state index contributed by atoms with van der Waals surface area (Å²) in [5.74, 6) is 0. The minimum absolute atomic E-state index is 0. The predicted molar refractivity (Wildman–Crippen MR) is 224 cm³/mol. The third-order valence-corrected chi connectivity index (χ3v) is 10.5. The van der Waals surface area contributed by atoms with E-state index < -0.39 is 0 Å². The summed E-state index contributed by atoms with van der Waals surface area (Å²) in [4.78, 5) is 0. The van der Waals surface area contributed by atoms with Crippen molar-refractivity contribution in [2.75, 3.05) is 0 Å². The summed E-state index contributed by atoms with van der Waals surface area (Å²) in [6, 6.07) is 34.3. The van der Waals surface area contributed by atoms with Gasteiger partial charge in [-0.1, -0.05) is 76.9 Å². The Morgan fingerprint density at radius 3 is 1.12 bits per heavy atom. The zero-order valence-corrected chi connectivity index (χ0v) is 36.5. The van der Waals surface area contributed by atoms with Crippen molar-refractivity contribution < 1.29 is 24.2 Å². The number of allylic oxidation sites excluding steroid dienone is 4. The van der Waals surface area contributed by atoms with Crippen LogP contribution in [0.15, 0.2) is 109 Å². The Hall–Kier alpha value is -2.44. The third kappa shape index (κ3) is 11.5. The number of halogens is 2. The summed E-state index contributed by atoms with van der Waals surface area (Å²) in [6.45, 7) is 27.2. The molecule has 0 unspecified atom stereocenters. The van der Waals surface area contributed by atoms with Crippen molar-refractivity contribution in [2.24, 2.45) is 0 Å². The van der Waals surface area contributed by atoms with Crippen molar-refractivity contribution in [3.05, 3.63) is 149 Å². The SMILES string of the molecule is CC(C)(C)c1ccc([C](=[Zr+2])c2ccc(C(C)(C)C)cc2)cc1.CC(C)(C)c1ccc2[cH-]c3ccc(C(C)(C)C)cc3c2c1.Cl.Cl.[C-]1=CC=CC1. The summed E-state index contributed by atoms with van der Waals surface area (Å²) in [6.07, 6.45) is 10.0. The molecule has 0 radical (unpaired) electrons. The molecule has 0 saturated carbocycles. The smallest absolute Gasteiger partial charge is 0.0145 e. The Balaban J connectivity index is 0.000000293. The van der Waals surface area contributed by atoms with Crippen LogP contribution in [-0.2, 0) is 45.9 Å². The Kier molecular flexibility index (Phi) is 15.2. The molecule has 5 aromatic rings. The number of rotatable bonds is 2. The molecule has 3 heteroatoms. The maximum atomic E-state index is 2.99. The summed E-state index contributed by atoms with van der Waals surface area (Å²) in [7, 11) is 0. The van der Waals surface area contributed by atoms with Crippen LogP contribution in [0.1, 0.15) is 123 Å². The molecule has 0 amide bonds. The van der Waals surface area contributed by atoms with Crippen LogP contribution in [0.3, 0.4) is 0 Å². The summed E-state index contributed by atoms with van der Waals surface area (Å²) in [5, 5.41) is 5.49. The van der Waals surface area contributed by atoms with Gasteiger partial charge in [0.2, 0.25) is 0 Å². The fourth-order valence-electron chi connectivity index (χ4n) is 5.71. The quantitative estimate of drug-likeness (QED) is 0.156. The molecule has 0 saturated heterocycles. The van der Waals surface area contributed by atoms with Gasteiger partial charge in [0.15, 0.2) is 0 Å². The Bertz CT molecular complexity index is 1770. The molecule has 0 spiro atoms. The first kappa shape index (κ1) is 43.7. The van der Waals surface area contributed by atoms with E-state index in [1.54, 1.807) is 0 Å². The zero-order valence-electron chi connectivity index (χ0n) is 32.4. The summed E-state index contributed by atoms with van der Waals surface area (Å²) >= 11 is 1.46. The molecule has 0 aliphatic heterocycles. The maximum Gasteiger partial charge on any atom is -0.0145 e. The molecule has 0 fully saturated rings. The monoisotopic (exact) mass is 782 g/mol. The number of benzene rings is 4. The van der Waals surface area contributed by atoms with Crippen LogP contribution in [0.4, 0.5) is 0 Å². The van der Waals surface area contributed by atoms with E-state index in [9.17, 15) is 0 Å². The average molecular weight is 785 g/mol. The molecule has 6 rings (SSSR count). The van der Waals surface area contributed by atoms with Gasteiger partial charge in [0.1, 0.15) is 0 Å². The molecular weight excluding hydrogens is 727 g/mol. The molecule has 1 aliphatic rings. The van der Waals surface area contributed by atoms with Gasteiger partial charge in [-0.05, 0) is 10.8 Å². The van der Waals surface area contributed by atoms with Gasteiger partial charge in [-0.25, -0.2) is 12.2 Å². The van der Waals surface area contributed by atoms with Crippen LogP contribution in [0.2, 0.25) is 0 Å². The number of hydrogen-bond donors (Lipinski definition) is 0. The third-order valence-electron chi connectivity index (χ3n) is 9.10. The van der Waals surface area contributed by atoms with Gasteiger partial charge in [-0.2, -0.15) is 6.08 Å². The molecular formula is C47H58Cl2Zr. The minimum atomic E-state index is 0. The van der Waals surface area contributed by atoms with Gasteiger partial charge in [-0.15, -0.1) is 71.0 Å². The van der Waals surface area contributed by atoms with E-state index in [4.69, 9.17) is 0 Å². The first-order valence-electron chi connectivity index (χ1n) is 17.4. The van der Waals surface area contributed by atoms with Crippen molar-refractivity contribution in [3.8, 4) is 0 Å². The molecule has 5 aromatic carbocycles. The van der Waals surface area contributed by atoms with E-state index in [1.165, 1.54) is 82.4 Å². The van der Waals surface area contributed by atoms with E-state index in [0.717, 1.165) is 6.42 Å². The van der Waals surface area contributed by atoms with Gasteiger partial charge in [-0.3, -0.25) is 6.08 Å².